The van der Waals surface area contributed by atoms with Crippen LogP contribution in [-0.4, -0.2) is 42.1 Å². The van der Waals surface area contributed by atoms with Gasteiger partial charge in [-0.05, 0) is 36.6 Å². The zero-order valence-corrected chi connectivity index (χ0v) is 16.7. The molecule has 5 N–H and O–H groups in total. The Morgan fingerprint density at radius 1 is 1.28 bits per heavy atom. The number of carbonyl (C=O) groups excluding carboxylic acids is 3. The molecule has 1 unspecified atom stereocenters. The molecule has 1 aromatic heterocycles. The van der Waals surface area contributed by atoms with Gasteiger partial charge in [-0.1, -0.05) is 17.7 Å². The number of hydrogen-bond acceptors (Lipinski definition) is 5. The molecule has 4 amide bonds. The zero-order chi connectivity index (χ0) is 21.1. The summed E-state index contributed by atoms with van der Waals surface area (Å²) in [7, 11) is 0. The molecule has 2 aromatic rings. The number of ether oxygens (including phenoxy) is 1. The number of amides is 4. The first-order chi connectivity index (χ1) is 13.7. The molecule has 1 fully saturated rings. The molecule has 1 aliphatic rings. The van der Waals surface area contributed by atoms with Crippen LogP contribution in [0.1, 0.15) is 23.2 Å². The third kappa shape index (κ3) is 4.96. The van der Waals surface area contributed by atoms with Crippen molar-refractivity contribution in [2.45, 2.75) is 18.9 Å². The number of esters is 1. The van der Waals surface area contributed by atoms with E-state index in [-0.39, 0.29) is 22.1 Å². The van der Waals surface area contributed by atoms with E-state index in [4.69, 9.17) is 27.8 Å². The van der Waals surface area contributed by atoms with E-state index >= 15 is 0 Å². The molecule has 8 nitrogen and oxygen atoms in total. The Morgan fingerprint density at radius 2 is 2.03 bits per heavy atom. The fraction of sp³-hybridized carbons (Fsp3) is 0.278. The minimum Gasteiger partial charge on any atom is -0.457 e. The van der Waals surface area contributed by atoms with E-state index < -0.39 is 30.0 Å². The number of carbonyl (C=O) groups is 3. The van der Waals surface area contributed by atoms with Crippen molar-refractivity contribution in [3.63, 3.8) is 0 Å². The number of hydrogen-bond donors (Lipinski definition) is 3. The molecule has 1 atom stereocenters. The average molecular weight is 441 g/mol. The van der Waals surface area contributed by atoms with Gasteiger partial charge in [0.15, 0.2) is 0 Å². The topological polar surface area (TPSA) is 128 Å². The number of likely N-dealkylation sites (tertiary alicyclic amines) is 1. The van der Waals surface area contributed by atoms with Gasteiger partial charge < -0.3 is 21.1 Å². The fourth-order valence-electron chi connectivity index (χ4n) is 2.99. The van der Waals surface area contributed by atoms with Gasteiger partial charge in [0.25, 0.3) is 0 Å². The summed E-state index contributed by atoms with van der Waals surface area (Å²) in [5, 5.41) is 2.52. The SMILES string of the molecule is NC(=O)Nc1sc(-c2ccc(F)c(Cl)c2)cc1C(=O)OC1CCCN(C(N)=O)C1. The molecule has 1 aliphatic heterocycles. The maximum Gasteiger partial charge on any atom is 0.341 e. The molecule has 0 bridgehead atoms. The van der Waals surface area contributed by atoms with Crippen molar-refractivity contribution in [1.82, 2.24) is 4.90 Å². The van der Waals surface area contributed by atoms with Gasteiger partial charge in [0.2, 0.25) is 0 Å². The van der Waals surface area contributed by atoms with E-state index in [9.17, 15) is 18.8 Å². The number of rotatable bonds is 4. The van der Waals surface area contributed by atoms with E-state index in [1.807, 2.05) is 0 Å². The number of urea groups is 2. The molecule has 0 saturated carbocycles. The Balaban J connectivity index is 1.85. The van der Waals surface area contributed by atoms with Gasteiger partial charge in [-0.3, -0.25) is 5.32 Å². The van der Waals surface area contributed by atoms with Crippen LogP contribution in [0.5, 0.6) is 0 Å². The highest BCUT2D eigenvalue weighted by Crippen LogP contribution is 2.37. The second kappa shape index (κ2) is 8.66. The molecule has 1 saturated heterocycles. The van der Waals surface area contributed by atoms with Crippen molar-refractivity contribution in [1.29, 1.82) is 0 Å². The molecule has 154 valence electrons. The summed E-state index contributed by atoms with van der Waals surface area (Å²) in [6, 6.07) is 4.21. The van der Waals surface area contributed by atoms with E-state index in [0.29, 0.717) is 29.8 Å². The summed E-state index contributed by atoms with van der Waals surface area (Å²) in [4.78, 5) is 37.4. The first-order valence-corrected chi connectivity index (χ1v) is 9.85. The molecule has 0 spiro atoms. The molecule has 3 rings (SSSR count). The lowest BCUT2D eigenvalue weighted by Crippen LogP contribution is -2.46. The van der Waals surface area contributed by atoms with Gasteiger partial charge in [0.1, 0.15) is 16.9 Å². The second-order valence-electron chi connectivity index (χ2n) is 6.43. The Labute approximate surface area is 174 Å². The maximum atomic E-state index is 13.4. The largest absolute Gasteiger partial charge is 0.457 e. The highest BCUT2D eigenvalue weighted by molar-refractivity contribution is 7.20. The quantitative estimate of drug-likeness (QED) is 0.629. The van der Waals surface area contributed by atoms with Gasteiger partial charge >= 0.3 is 18.0 Å². The minimum absolute atomic E-state index is 0.0711. The molecule has 1 aromatic carbocycles. The third-order valence-electron chi connectivity index (χ3n) is 4.36. The van der Waals surface area contributed by atoms with Crippen LogP contribution in [0.25, 0.3) is 10.4 Å². The number of anilines is 1. The number of nitrogens with zero attached hydrogens (tertiary/aromatic N) is 1. The highest BCUT2D eigenvalue weighted by atomic mass is 35.5. The van der Waals surface area contributed by atoms with Gasteiger partial charge in [-0.15, -0.1) is 11.3 Å². The number of thiophene rings is 1. The summed E-state index contributed by atoms with van der Waals surface area (Å²) in [5.74, 6) is -1.25. The van der Waals surface area contributed by atoms with Crippen LogP contribution in [0.2, 0.25) is 5.02 Å². The van der Waals surface area contributed by atoms with E-state index in [0.717, 1.165) is 11.3 Å². The van der Waals surface area contributed by atoms with Crippen molar-refractivity contribution in [2.75, 3.05) is 18.4 Å². The maximum absolute atomic E-state index is 13.4. The third-order valence-corrected chi connectivity index (χ3v) is 5.75. The highest BCUT2D eigenvalue weighted by Gasteiger charge is 2.27. The standard InChI is InChI=1S/C18H18ClFN4O4S/c19-12-6-9(3-4-13(12)20)14-7-11(15(29-14)23-17(21)26)16(25)28-10-2-1-5-24(8-10)18(22)27/h3-4,6-7,10H,1-2,5,8H2,(H2,22,27)(H3,21,23,26). The van der Waals surface area contributed by atoms with Crippen LogP contribution in [0, 0.1) is 5.82 Å². The molecular weight excluding hydrogens is 423 g/mol. The van der Waals surface area contributed by atoms with Crippen LogP contribution in [0.3, 0.4) is 0 Å². The zero-order valence-electron chi connectivity index (χ0n) is 15.1. The van der Waals surface area contributed by atoms with E-state index in [1.165, 1.54) is 29.2 Å². The number of benzene rings is 1. The van der Waals surface area contributed by atoms with Crippen molar-refractivity contribution in [3.8, 4) is 10.4 Å². The Kier molecular flexibility index (Phi) is 6.23. The number of nitrogens with one attached hydrogen (secondary N) is 1. The molecule has 11 heteroatoms. The Bertz CT molecular complexity index is 967. The minimum atomic E-state index is -0.845. The summed E-state index contributed by atoms with van der Waals surface area (Å²) < 4.78 is 18.9. The Hall–Kier alpha value is -2.85. The monoisotopic (exact) mass is 440 g/mol. The van der Waals surface area contributed by atoms with Gasteiger partial charge in [0, 0.05) is 11.4 Å². The number of halogens is 2. The summed E-state index contributed by atoms with van der Waals surface area (Å²) in [6.07, 6.45) is 0.711. The molecular formula is C18H18ClFN4O4S. The molecule has 2 heterocycles. The van der Waals surface area contributed by atoms with Crippen molar-refractivity contribution < 1.29 is 23.5 Å². The van der Waals surface area contributed by atoms with Gasteiger partial charge in [-0.25, -0.2) is 18.8 Å². The summed E-state index contributed by atoms with van der Waals surface area (Å²) >= 11 is 6.90. The molecule has 0 radical (unpaired) electrons. The first kappa shape index (κ1) is 20.9. The predicted octanol–water partition coefficient (Wildman–Crippen LogP) is 3.40. The van der Waals surface area contributed by atoms with Crippen LogP contribution >= 0.6 is 22.9 Å². The molecule has 29 heavy (non-hydrogen) atoms. The second-order valence-corrected chi connectivity index (χ2v) is 7.88. The molecule has 0 aliphatic carbocycles. The average Bonchev–Trinajstić information content (AvgIpc) is 3.07. The number of primary amides is 2. The lowest BCUT2D eigenvalue weighted by Gasteiger charge is -2.31. The van der Waals surface area contributed by atoms with Crippen LogP contribution in [-0.2, 0) is 4.74 Å². The van der Waals surface area contributed by atoms with Crippen LogP contribution in [0.15, 0.2) is 24.3 Å². The van der Waals surface area contributed by atoms with Gasteiger partial charge in [-0.2, -0.15) is 0 Å². The lowest BCUT2D eigenvalue weighted by molar-refractivity contribution is 0.0129. The van der Waals surface area contributed by atoms with Crippen molar-refractivity contribution in [2.24, 2.45) is 11.5 Å². The van der Waals surface area contributed by atoms with Gasteiger partial charge in [0.05, 0.1) is 17.1 Å². The lowest BCUT2D eigenvalue weighted by atomic mass is 10.1. The normalized spacial score (nSPS) is 16.3. The van der Waals surface area contributed by atoms with Crippen LogP contribution in [0.4, 0.5) is 19.0 Å². The van der Waals surface area contributed by atoms with Crippen molar-refractivity contribution in [3.05, 3.63) is 40.7 Å². The number of piperidine rings is 1. The predicted molar refractivity (Wildman–Crippen MR) is 108 cm³/mol. The van der Waals surface area contributed by atoms with Crippen LogP contribution < -0.4 is 16.8 Å². The summed E-state index contributed by atoms with van der Waals surface area (Å²) in [5.41, 5.74) is 11.1. The van der Waals surface area contributed by atoms with Crippen molar-refractivity contribution >= 4 is 46.0 Å². The fourth-order valence-corrected chi connectivity index (χ4v) is 4.21. The smallest absolute Gasteiger partial charge is 0.341 e. The number of nitrogens with two attached hydrogens (primary N) is 2. The first-order valence-electron chi connectivity index (χ1n) is 8.65. The summed E-state index contributed by atoms with van der Waals surface area (Å²) in [6.45, 7) is 0.704. The van der Waals surface area contributed by atoms with E-state index in [2.05, 4.69) is 5.32 Å². The van der Waals surface area contributed by atoms with E-state index in [1.54, 1.807) is 0 Å². The Morgan fingerprint density at radius 3 is 2.69 bits per heavy atom.